The van der Waals surface area contributed by atoms with E-state index < -0.39 is 17.6 Å². The number of rotatable bonds is 18. The summed E-state index contributed by atoms with van der Waals surface area (Å²) in [5.41, 5.74) is 2.02. The van der Waals surface area contributed by atoms with Crippen LogP contribution in [-0.2, 0) is 14.3 Å². The highest BCUT2D eigenvalue weighted by Crippen LogP contribution is 2.32. The molecular weight excluding hydrogens is 666 g/mol. The Morgan fingerprint density at radius 2 is 1.65 bits per heavy atom. The first-order valence-corrected chi connectivity index (χ1v) is 17.6. The number of hydrogen-bond acceptors (Lipinski definition) is 9. The molecule has 0 aliphatic carbocycles. The molecule has 0 aliphatic rings. The van der Waals surface area contributed by atoms with Gasteiger partial charge in [0, 0.05) is 32.0 Å². The summed E-state index contributed by atoms with van der Waals surface area (Å²) in [6, 6.07) is 17.3. The maximum atomic E-state index is 13.7. The molecule has 12 nitrogen and oxygen atoms in total. The molecule has 1 unspecified atom stereocenters. The third-order valence-corrected chi connectivity index (χ3v) is 7.75. The van der Waals surface area contributed by atoms with Gasteiger partial charge in [-0.25, -0.2) is 4.79 Å². The van der Waals surface area contributed by atoms with Crippen molar-refractivity contribution in [3.8, 4) is 17.2 Å². The molecule has 0 saturated carbocycles. The molecule has 0 spiro atoms. The zero-order valence-electron chi connectivity index (χ0n) is 31.6. The van der Waals surface area contributed by atoms with Gasteiger partial charge in [-0.2, -0.15) is 0 Å². The minimum Gasteiger partial charge on any atom is -0.495 e. The van der Waals surface area contributed by atoms with E-state index in [2.05, 4.69) is 10.6 Å². The Morgan fingerprint density at radius 3 is 2.37 bits per heavy atom. The molecule has 2 N–H and O–H groups in total. The van der Waals surface area contributed by atoms with E-state index >= 15 is 0 Å². The predicted molar refractivity (Wildman–Crippen MR) is 201 cm³/mol. The van der Waals surface area contributed by atoms with E-state index in [0.717, 1.165) is 24.8 Å². The molecule has 282 valence electrons. The number of aryl methyl sites for hydroxylation is 1. The van der Waals surface area contributed by atoms with Crippen molar-refractivity contribution in [1.29, 1.82) is 0 Å². The van der Waals surface area contributed by atoms with Crippen molar-refractivity contribution in [2.45, 2.75) is 85.4 Å². The van der Waals surface area contributed by atoms with Crippen LogP contribution in [0.3, 0.4) is 0 Å². The van der Waals surface area contributed by atoms with E-state index in [-0.39, 0.29) is 18.0 Å². The topological polar surface area (TPSA) is 142 Å². The molecule has 0 aromatic heterocycles. The molecule has 1 atom stereocenters. The van der Waals surface area contributed by atoms with Crippen molar-refractivity contribution >= 4 is 35.3 Å². The van der Waals surface area contributed by atoms with Crippen molar-refractivity contribution in [2.24, 2.45) is 0 Å². The summed E-state index contributed by atoms with van der Waals surface area (Å²) in [6.07, 6.45) is 2.32. The summed E-state index contributed by atoms with van der Waals surface area (Å²) in [5, 5.41) is 5.59. The highest BCUT2D eigenvalue weighted by atomic mass is 16.6. The number of methoxy groups -OCH3 is 1. The number of nitrogens with zero attached hydrogens (tertiary/aromatic N) is 1. The standard InChI is InChI=1S/C40H53N3O9/c1-9-49-36(44)17-11-10-14-24-50-35-25-27(2)18-21-32(35)43(7)38(46)29-19-20-31(34(26-29)48-8)42-37(45)30-15-12-13-16-33(30)51-28(3)22-23-41-39(47)52-40(4,5)6/h12-13,15-16,18-21,25-26,28H,9-11,14,17,22-24H2,1-8H3,(H,41,47)(H,42,45). The van der Waals surface area contributed by atoms with Crippen LogP contribution in [0.15, 0.2) is 60.7 Å². The number of carbonyl (C=O) groups is 4. The molecule has 0 radical (unpaired) electrons. The molecule has 3 aromatic carbocycles. The SMILES string of the molecule is CCOC(=O)CCCCCOc1cc(C)ccc1N(C)C(=O)c1ccc(NC(=O)c2ccccc2OC(C)CCNC(=O)OC(C)(C)C)c(OC)c1. The molecule has 52 heavy (non-hydrogen) atoms. The Labute approximate surface area is 307 Å². The average molecular weight is 720 g/mol. The van der Waals surface area contributed by atoms with E-state index in [0.29, 0.717) is 72.4 Å². The molecule has 0 bridgehead atoms. The van der Waals surface area contributed by atoms with Crippen LogP contribution in [0.4, 0.5) is 16.2 Å². The van der Waals surface area contributed by atoms with Gasteiger partial charge in [0.25, 0.3) is 11.8 Å². The number of benzene rings is 3. The molecule has 0 aliphatic heterocycles. The number of amides is 3. The highest BCUT2D eigenvalue weighted by molar-refractivity contribution is 6.09. The summed E-state index contributed by atoms with van der Waals surface area (Å²) in [4.78, 5) is 52.2. The molecule has 0 saturated heterocycles. The first-order valence-electron chi connectivity index (χ1n) is 17.6. The molecule has 0 fully saturated rings. The lowest BCUT2D eigenvalue weighted by molar-refractivity contribution is -0.143. The maximum absolute atomic E-state index is 13.7. The first kappa shape index (κ1) is 41.2. The number of unbranched alkanes of at least 4 members (excludes halogenated alkanes) is 2. The fourth-order valence-corrected chi connectivity index (χ4v) is 5.12. The van der Waals surface area contributed by atoms with Crippen molar-refractivity contribution in [1.82, 2.24) is 5.32 Å². The third-order valence-electron chi connectivity index (χ3n) is 7.75. The van der Waals surface area contributed by atoms with E-state index in [1.807, 2.05) is 32.0 Å². The van der Waals surface area contributed by atoms with Crippen molar-refractivity contribution in [3.63, 3.8) is 0 Å². The predicted octanol–water partition coefficient (Wildman–Crippen LogP) is 7.72. The van der Waals surface area contributed by atoms with Gasteiger partial charge >= 0.3 is 12.1 Å². The van der Waals surface area contributed by atoms with Gasteiger partial charge in [-0.05, 0) is 109 Å². The minimum absolute atomic E-state index is 0.194. The van der Waals surface area contributed by atoms with Crippen LogP contribution < -0.4 is 29.7 Å². The van der Waals surface area contributed by atoms with Crippen LogP contribution in [0.1, 0.15) is 93.0 Å². The van der Waals surface area contributed by atoms with Gasteiger partial charge < -0.3 is 39.2 Å². The van der Waals surface area contributed by atoms with E-state index in [4.69, 9.17) is 23.7 Å². The number of ether oxygens (including phenoxy) is 5. The van der Waals surface area contributed by atoms with Gasteiger partial charge in [-0.3, -0.25) is 14.4 Å². The highest BCUT2D eigenvalue weighted by Gasteiger charge is 2.22. The van der Waals surface area contributed by atoms with Gasteiger partial charge in [0.1, 0.15) is 22.8 Å². The Bertz CT molecular complexity index is 1670. The number of alkyl carbamates (subject to hydrolysis) is 1. The summed E-state index contributed by atoms with van der Waals surface area (Å²) >= 11 is 0. The van der Waals surface area contributed by atoms with E-state index in [9.17, 15) is 19.2 Å². The Kier molecular flexibility index (Phi) is 15.8. The lowest BCUT2D eigenvalue weighted by Gasteiger charge is -2.22. The molecule has 12 heteroatoms. The molecule has 3 aromatic rings. The third kappa shape index (κ3) is 13.1. The molecular formula is C40H53N3O9. The lowest BCUT2D eigenvalue weighted by Crippen LogP contribution is -2.34. The largest absolute Gasteiger partial charge is 0.495 e. The van der Waals surface area contributed by atoms with Crippen molar-refractivity contribution < 1.29 is 42.9 Å². The summed E-state index contributed by atoms with van der Waals surface area (Å²) in [6.45, 7) is 12.1. The summed E-state index contributed by atoms with van der Waals surface area (Å²) in [7, 11) is 3.14. The van der Waals surface area contributed by atoms with E-state index in [1.54, 1.807) is 77.2 Å². The molecule has 3 rings (SSSR count). The van der Waals surface area contributed by atoms with Gasteiger partial charge in [0.05, 0.1) is 43.4 Å². The first-order chi connectivity index (χ1) is 24.7. The number of hydrogen-bond donors (Lipinski definition) is 2. The summed E-state index contributed by atoms with van der Waals surface area (Å²) < 4.78 is 28.0. The van der Waals surface area contributed by atoms with Crippen molar-refractivity contribution in [3.05, 3.63) is 77.4 Å². The van der Waals surface area contributed by atoms with Crippen LogP contribution in [0.5, 0.6) is 17.2 Å². The smallest absolute Gasteiger partial charge is 0.407 e. The average Bonchev–Trinajstić information content (AvgIpc) is 3.09. The van der Waals surface area contributed by atoms with Crippen LogP contribution in [0.25, 0.3) is 0 Å². The normalized spacial score (nSPS) is 11.5. The van der Waals surface area contributed by atoms with Crippen LogP contribution in [0, 0.1) is 6.92 Å². The van der Waals surface area contributed by atoms with Gasteiger partial charge in [0.2, 0.25) is 0 Å². The lowest BCUT2D eigenvalue weighted by atomic mass is 10.1. The number of anilines is 2. The van der Waals surface area contributed by atoms with Crippen LogP contribution in [-0.4, -0.2) is 69.5 Å². The Balaban J connectivity index is 1.64. The van der Waals surface area contributed by atoms with Crippen LogP contribution >= 0.6 is 0 Å². The second-order valence-corrected chi connectivity index (χ2v) is 13.3. The minimum atomic E-state index is -0.593. The van der Waals surface area contributed by atoms with Gasteiger partial charge in [-0.15, -0.1) is 0 Å². The quantitative estimate of drug-likeness (QED) is 0.0999. The number of carbonyl (C=O) groups excluding carboxylic acids is 4. The molecule has 0 heterocycles. The van der Waals surface area contributed by atoms with Crippen LogP contribution in [0.2, 0.25) is 0 Å². The number of esters is 1. The fraction of sp³-hybridized carbons (Fsp3) is 0.450. The fourth-order valence-electron chi connectivity index (χ4n) is 5.12. The Hall–Kier alpha value is -5.26. The second kappa shape index (κ2) is 20.0. The maximum Gasteiger partial charge on any atom is 0.407 e. The van der Waals surface area contributed by atoms with Crippen molar-refractivity contribution in [2.75, 3.05) is 44.1 Å². The summed E-state index contributed by atoms with van der Waals surface area (Å²) in [5.74, 6) is 0.341. The monoisotopic (exact) mass is 719 g/mol. The zero-order valence-corrected chi connectivity index (χ0v) is 31.6. The number of para-hydroxylation sites is 1. The van der Waals surface area contributed by atoms with Gasteiger partial charge in [-0.1, -0.05) is 18.2 Å². The molecule has 3 amide bonds. The van der Waals surface area contributed by atoms with Gasteiger partial charge in [0.15, 0.2) is 0 Å². The second-order valence-electron chi connectivity index (χ2n) is 13.3. The Morgan fingerprint density at radius 1 is 0.904 bits per heavy atom. The van der Waals surface area contributed by atoms with E-state index in [1.165, 1.54) is 12.0 Å². The zero-order chi connectivity index (χ0) is 38.3. The number of nitrogens with one attached hydrogen (secondary N) is 2.